The first-order valence-corrected chi connectivity index (χ1v) is 8.67. The minimum absolute atomic E-state index is 0.851. The highest BCUT2D eigenvalue weighted by Crippen LogP contribution is 2.32. The summed E-state index contributed by atoms with van der Waals surface area (Å²) in [6.45, 7) is 5.20. The van der Waals surface area contributed by atoms with Crippen LogP contribution in [0.3, 0.4) is 0 Å². The fraction of sp³-hybridized carbons (Fsp3) is 0.130. The van der Waals surface area contributed by atoms with Crippen LogP contribution in [-0.4, -0.2) is 0 Å². The molecule has 0 amide bonds. The van der Waals surface area contributed by atoms with Crippen molar-refractivity contribution in [3.63, 3.8) is 0 Å². The first-order chi connectivity index (χ1) is 12.2. The summed E-state index contributed by atoms with van der Waals surface area (Å²) >= 11 is 0. The van der Waals surface area contributed by atoms with E-state index in [1.807, 2.05) is 0 Å². The van der Waals surface area contributed by atoms with Crippen molar-refractivity contribution >= 4 is 17.1 Å². The number of para-hydroxylation sites is 1. The molecule has 0 aromatic heterocycles. The molecule has 1 heterocycles. The van der Waals surface area contributed by atoms with Crippen molar-refractivity contribution in [1.29, 1.82) is 0 Å². The van der Waals surface area contributed by atoms with E-state index in [0.717, 1.165) is 12.2 Å². The third kappa shape index (κ3) is 3.16. The van der Waals surface area contributed by atoms with Gasteiger partial charge in [-0.2, -0.15) is 0 Å². The molecule has 0 saturated heterocycles. The molecule has 1 N–H and O–H groups in total. The van der Waals surface area contributed by atoms with Crippen LogP contribution >= 0.6 is 0 Å². The molecule has 0 fully saturated rings. The second-order valence-electron chi connectivity index (χ2n) is 6.59. The number of nitrogens with zero attached hydrogens (tertiary/aromatic N) is 1. The van der Waals surface area contributed by atoms with Crippen LogP contribution in [-0.2, 0) is 6.54 Å². The Kier molecular flexibility index (Phi) is 4.02. The van der Waals surface area contributed by atoms with E-state index in [1.54, 1.807) is 0 Å². The highest BCUT2D eigenvalue weighted by atomic mass is 15.1. The van der Waals surface area contributed by atoms with Gasteiger partial charge in [-0.3, -0.25) is 0 Å². The number of hydrogen-bond acceptors (Lipinski definition) is 2. The Labute approximate surface area is 149 Å². The average molecular weight is 326 g/mol. The van der Waals surface area contributed by atoms with Gasteiger partial charge in [0.15, 0.2) is 0 Å². The highest BCUT2D eigenvalue weighted by Gasteiger charge is 2.17. The maximum atomic E-state index is 3.66. The number of benzene rings is 3. The van der Waals surface area contributed by atoms with Crippen molar-refractivity contribution in [3.8, 4) is 0 Å². The number of fused-ring (bicyclic) bond motifs is 1. The van der Waals surface area contributed by atoms with Crippen LogP contribution in [0.15, 0.2) is 79.0 Å². The normalized spacial score (nSPS) is 13.5. The maximum Gasteiger partial charge on any atom is 0.0623 e. The number of rotatable bonds is 2. The summed E-state index contributed by atoms with van der Waals surface area (Å²) in [5.74, 6) is 0. The number of aryl methyl sites for hydroxylation is 2. The molecule has 0 saturated carbocycles. The summed E-state index contributed by atoms with van der Waals surface area (Å²) < 4.78 is 0. The fourth-order valence-corrected chi connectivity index (χ4v) is 3.24. The van der Waals surface area contributed by atoms with Crippen molar-refractivity contribution in [3.05, 3.63) is 101 Å². The molecule has 3 aromatic carbocycles. The Hall–Kier alpha value is -3.00. The zero-order valence-electron chi connectivity index (χ0n) is 14.7. The minimum Gasteiger partial charge on any atom is -0.354 e. The smallest absolute Gasteiger partial charge is 0.0623 e. The molecule has 2 heteroatoms. The van der Waals surface area contributed by atoms with Gasteiger partial charge in [-0.25, -0.2) is 0 Å². The van der Waals surface area contributed by atoms with Gasteiger partial charge in [0.2, 0.25) is 0 Å². The Morgan fingerprint density at radius 3 is 2.16 bits per heavy atom. The zero-order chi connectivity index (χ0) is 17.2. The standard InChI is InChI=1S/C23H22N2/c1-17-13-20-15-25(21-11-7-4-8-12-21)16-23(19-9-5-3-6-10-19)24-22(20)14-18(17)2/h3-14,16,24H,15H2,1-2H3. The molecule has 0 radical (unpaired) electrons. The maximum absolute atomic E-state index is 3.66. The predicted octanol–water partition coefficient (Wildman–Crippen LogP) is 5.73. The lowest BCUT2D eigenvalue weighted by molar-refractivity contribution is 0.975. The number of hydrogen-bond donors (Lipinski definition) is 1. The van der Waals surface area contributed by atoms with E-state index in [2.05, 4.69) is 103 Å². The van der Waals surface area contributed by atoms with Crippen molar-refractivity contribution in [2.75, 3.05) is 10.2 Å². The second-order valence-corrected chi connectivity index (χ2v) is 6.59. The quantitative estimate of drug-likeness (QED) is 0.646. The molecule has 25 heavy (non-hydrogen) atoms. The lowest BCUT2D eigenvalue weighted by atomic mass is 10.0. The molecule has 2 nitrogen and oxygen atoms in total. The van der Waals surface area contributed by atoms with Gasteiger partial charge < -0.3 is 10.2 Å². The molecular formula is C23H22N2. The summed E-state index contributed by atoms with van der Waals surface area (Å²) in [5.41, 5.74) is 8.65. The van der Waals surface area contributed by atoms with E-state index in [-0.39, 0.29) is 0 Å². The number of nitrogens with one attached hydrogen (secondary N) is 1. The van der Waals surface area contributed by atoms with Gasteiger partial charge in [0.1, 0.15) is 0 Å². The van der Waals surface area contributed by atoms with Crippen LogP contribution in [0.2, 0.25) is 0 Å². The van der Waals surface area contributed by atoms with E-state index in [0.29, 0.717) is 0 Å². The monoisotopic (exact) mass is 326 g/mol. The molecule has 4 rings (SSSR count). The van der Waals surface area contributed by atoms with Crippen LogP contribution in [0, 0.1) is 13.8 Å². The van der Waals surface area contributed by atoms with Crippen molar-refractivity contribution in [1.82, 2.24) is 0 Å². The third-order valence-electron chi connectivity index (χ3n) is 4.79. The van der Waals surface area contributed by atoms with E-state index in [4.69, 9.17) is 0 Å². The Balaban J connectivity index is 1.85. The third-order valence-corrected chi connectivity index (χ3v) is 4.79. The van der Waals surface area contributed by atoms with Gasteiger partial charge in [-0.15, -0.1) is 0 Å². The summed E-state index contributed by atoms with van der Waals surface area (Å²) in [7, 11) is 0. The molecular weight excluding hydrogens is 304 g/mol. The summed E-state index contributed by atoms with van der Waals surface area (Å²) in [5, 5.41) is 3.66. The molecule has 0 aliphatic carbocycles. The Morgan fingerprint density at radius 1 is 0.800 bits per heavy atom. The molecule has 1 aliphatic rings. The molecule has 0 atom stereocenters. The fourth-order valence-electron chi connectivity index (χ4n) is 3.24. The van der Waals surface area contributed by atoms with E-state index in [1.165, 1.54) is 33.6 Å². The largest absolute Gasteiger partial charge is 0.354 e. The molecule has 3 aromatic rings. The van der Waals surface area contributed by atoms with Crippen molar-refractivity contribution in [2.45, 2.75) is 20.4 Å². The summed E-state index contributed by atoms with van der Waals surface area (Å²) in [6, 6.07) is 25.6. The molecule has 0 unspecified atom stereocenters. The van der Waals surface area contributed by atoms with Gasteiger partial charge in [-0.05, 0) is 54.3 Å². The SMILES string of the molecule is Cc1cc2c(cc1C)NC(c1ccccc1)=CN(c1ccccc1)C2. The summed E-state index contributed by atoms with van der Waals surface area (Å²) in [6.07, 6.45) is 2.22. The van der Waals surface area contributed by atoms with Gasteiger partial charge >= 0.3 is 0 Å². The molecule has 0 spiro atoms. The van der Waals surface area contributed by atoms with Gasteiger partial charge in [0, 0.05) is 24.1 Å². The minimum atomic E-state index is 0.851. The van der Waals surface area contributed by atoms with Gasteiger partial charge in [-0.1, -0.05) is 54.6 Å². The van der Waals surface area contributed by atoms with Crippen molar-refractivity contribution in [2.24, 2.45) is 0 Å². The predicted molar refractivity (Wildman–Crippen MR) is 107 cm³/mol. The van der Waals surface area contributed by atoms with Crippen LogP contribution in [0.1, 0.15) is 22.3 Å². The van der Waals surface area contributed by atoms with E-state index < -0.39 is 0 Å². The zero-order valence-corrected chi connectivity index (χ0v) is 14.7. The first-order valence-electron chi connectivity index (χ1n) is 8.67. The number of anilines is 2. The molecule has 0 bridgehead atoms. The average Bonchev–Trinajstić information content (AvgIpc) is 2.83. The second kappa shape index (κ2) is 6.48. The van der Waals surface area contributed by atoms with Crippen LogP contribution in [0.4, 0.5) is 11.4 Å². The Bertz CT molecular complexity index is 912. The first kappa shape index (κ1) is 15.5. The highest BCUT2D eigenvalue weighted by molar-refractivity contribution is 5.82. The topological polar surface area (TPSA) is 15.3 Å². The Morgan fingerprint density at radius 2 is 1.44 bits per heavy atom. The molecule has 124 valence electrons. The summed E-state index contributed by atoms with van der Waals surface area (Å²) in [4.78, 5) is 2.32. The van der Waals surface area contributed by atoms with Crippen LogP contribution in [0.25, 0.3) is 5.70 Å². The van der Waals surface area contributed by atoms with Crippen LogP contribution < -0.4 is 10.2 Å². The van der Waals surface area contributed by atoms with Crippen LogP contribution in [0.5, 0.6) is 0 Å². The van der Waals surface area contributed by atoms with Gasteiger partial charge in [0.25, 0.3) is 0 Å². The van der Waals surface area contributed by atoms with E-state index >= 15 is 0 Å². The lowest BCUT2D eigenvalue weighted by Crippen LogP contribution is -2.15. The molecule has 1 aliphatic heterocycles. The van der Waals surface area contributed by atoms with E-state index in [9.17, 15) is 0 Å². The van der Waals surface area contributed by atoms with Crippen molar-refractivity contribution < 1.29 is 0 Å². The lowest BCUT2D eigenvalue weighted by Gasteiger charge is -2.20. The van der Waals surface area contributed by atoms with Gasteiger partial charge in [0.05, 0.1) is 5.70 Å².